The SMILES string of the molecule is CCOc1ccc(N2C(=O)NC(=O)/C(=C\c3cc(Cl)ccc3Cc3cc(C)cc(C)c3)C2=O)cc1. The van der Waals surface area contributed by atoms with E-state index in [9.17, 15) is 14.4 Å². The van der Waals surface area contributed by atoms with Crippen LogP contribution in [0.15, 0.2) is 66.2 Å². The zero-order valence-electron chi connectivity index (χ0n) is 19.7. The van der Waals surface area contributed by atoms with Crippen molar-refractivity contribution >= 4 is 41.2 Å². The van der Waals surface area contributed by atoms with Crippen LogP contribution in [0.2, 0.25) is 5.02 Å². The van der Waals surface area contributed by atoms with E-state index < -0.39 is 17.8 Å². The summed E-state index contributed by atoms with van der Waals surface area (Å²) in [6.07, 6.45) is 2.09. The highest BCUT2D eigenvalue weighted by atomic mass is 35.5. The number of amides is 4. The van der Waals surface area contributed by atoms with Gasteiger partial charge in [0.15, 0.2) is 0 Å². The molecule has 0 atom stereocenters. The van der Waals surface area contributed by atoms with Gasteiger partial charge < -0.3 is 4.74 Å². The van der Waals surface area contributed by atoms with Gasteiger partial charge in [0.1, 0.15) is 11.3 Å². The summed E-state index contributed by atoms with van der Waals surface area (Å²) < 4.78 is 5.42. The first kappa shape index (κ1) is 24.2. The lowest BCUT2D eigenvalue weighted by atomic mass is 9.95. The molecule has 1 aliphatic heterocycles. The highest BCUT2D eigenvalue weighted by Crippen LogP contribution is 2.27. The fourth-order valence-corrected chi connectivity index (χ4v) is 4.34. The van der Waals surface area contributed by atoms with Crippen LogP contribution in [-0.2, 0) is 16.0 Å². The van der Waals surface area contributed by atoms with Crippen LogP contribution in [0.4, 0.5) is 10.5 Å². The molecular formula is C28H25ClN2O4. The van der Waals surface area contributed by atoms with E-state index >= 15 is 0 Å². The Labute approximate surface area is 209 Å². The molecule has 4 amide bonds. The van der Waals surface area contributed by atoms with Crippen LogP contribution < -0.4 is 15.0 Å². The van der Waals surface area contributed by atoms with Crippen molar-refractivity contribution in [1.29, 1.82) is 0 Å². The predicted molar refractivity (Wildman–Crippen MR) is 137 cm³/mol. The van der Waals surface area contributed by atoms with E-state index in [2.05, 4.69) is 23.5 Å². The Bertz CT molecular complexity index is 1330. The third kappa shape index (κ3) is 5.44. The number of ether oxygens (including phenoxy) is 1. The second-order valence-electron chi connectivity index (χ2n) is 8.40. The van der Waals surface area contributed by atoms with Crippen LogP contribution in [-0.4, -0.2) is 24.5 Å². The zero-order valence-corrected chi connectivity index (χ0v) is 20.5. The fraction of sp³-hybridized carbons (Fsp3) is 0.179. The van der Waals surface area contributed by atoms with Crippen molar-refractivity contribution in [3.8, 4) is 5.75 Å². The number of carbonyl (C=O) groups excluding carboxylic acids is 3. The van der Waals surface area contributed by atoms with E-state index in [0.29, 0.717) is 35.1 Å². The van der Waals surface area contributed by atoms with Gasteiger partial charge >= 0.3 is 6.03 Å². The Morgan fingerprint density at radius 3 is 2.29 bits per heavy atom. The summed E-state index contributed by atoms with van der Waals surface area (Å²) >= 11 is 6.26. The fourth-order valence-electron chi connectivity index (χ4n) is 4.16. The monoisotopic (exact) mass is 488 g/mol. The van der Waals surface area contributed by atoms with Crippen LogP contribution in [0.3, 0.4) is 0 Å². The average Bonchev–Trinajstić information content (AvgIpc) is 2.79. The maximum atomic E-state index is 13.3. The number of hydrogen-bond acceptors (Lipinski definition) is 4. The number of benzene rings is 3. The van der Waals surface area contributed by atoms with Gasteiger partial charge in [-0.25, -0.2) is 9.69 Å². The minimum absolute atomic E-state index is 0.151. The van der Waals surface area contributed by atoms with Crippen molar-refractivity contribution in [3.63, 3.8) is 0 Å². The molecule has 1 saturated heterocycles. The second kappa shape index (κ2) is 10.2. The number of halogens is 1. The van der Waals surface area contributed by atoms with Crippen LogP contribution in [0.25, 0.3) is 6.08 Å². The lowest BCUT2D eigenvalue weighted by Crippen LogP contribution is -2.54. The quantitative estimate of drug-likeness (QED) is 0.361. The summed E-state index contributed by atoms with van der Waals surface area (Å²) in [4.78, 5) is 39.5. The van der Waals surface area contributed by atoms with Gasteiger partial charge in [-0.2, -0.15) is 0 Å². The normalized spacial score (nSPS) is 14.9. The van der Waals surface area contributed by atoms with E-state index in [-0.39, 0.29) is 5.57 Å². The highest BCUT2D eigenvalue weighted by molar-refractivity contribution is 6.39. The number of rotatable bonds is 6. The van der Waals surface area contributed by atoms with Gasteiger partial charge in [-0.3, -0.25) is 14.9 Å². The van der Waals surface area contributed by atoms with Gasteiger partial charge in [-0.15, -0.1) is 0 Å². The highest BCUT2D eigenvalue weighted by Gasteiger charge is 2.37. The van der Waals surface area contributed by atoms with Crippen LogP contribution in [0.5, 0.6) is 5.75 Å². The van der Waals surface area contributed by atoms with E-state index in [1.165, 1.54) is 6.08 Å². The molecule has 1 heterocycles. The summed E-state index contributed by atoms with van der Waals surface area (Å²) in [5.74, 6) is -0.845. The number of barbiturate groups is 1. The maximum Gasteiger partial charge on any atom is 0.335 e. The van der Waals surface area contributed by atoms with Crippen molar-refractivity contribution < 1.29 is 19.1 Å². The largest absolute Gasteiger partial charge is 0.494 e. The molecule has 0 aromatic heterocycles. The molecule has 0 bridgehead atoms. The molecule has 6 nitrogen and oxygen atoms in total. The number of aryl methyl sites for hydroxylation is 2. The zero-order chi connectivity index (χ0) is 25.1. The van der Waals surface area contributed by atoms with Gasteiger partial charge in [0, 0.05) is 5.02 Å². The third-order valence-corrected chi connectivity index (χ3v) is 5.83. The Balaban J connectivity index is 1.71. The number of anilines is 1. The molecule has 1 N–H and O–H groups in total. The smallest absolute Gasteiger partial charge is 0.335 e. The minimum Gasteiger partial charge on any atom is -0.494 e. The van der Waals surface area contributed by atoms with E-state index in [1.54, 1.807) is 36.4 Å². The number of carbonyl (C=O) groups is 3. The molecule has 0 aliphatic carbocycles. The van der Waals surface area contributed by atoms with Crippen molar-refractivity contribution in [2.45, 2.75) is 27.2 Å². The first-order valence-electron chi connectivity index (χ1n) is 11.2. The lowest BCUT2D eigenvalue weighted by Gasteiger charge is -2.26. The van der Waals surface area contributed by atoms with Crippen LogP contribution in [0, 0.1) is 13.8 Å². The van der Waals surface area contributed by atoms with Gasteiger partial charge in [0.2, 0.25) is 0 Å². The number of hydrogen-bond donors (Lipinski definition) is 1. The van der Waals surface area contributed by atoms with Crippen molar-refractivity contribution in [2.24, 2.45) is 0 Å². The summed E-state index contributed by atoms with van der Waals surface area (Å²) in [6, 6.07) is 17.4. The van der Waals surface area contributed by atoms with E-state index in [0.717, 1.165) is 27.2 Å². The van der Waals surface area contributed by atoms with Gasteiger partial charge in [0.05, 0.1) is 12.3 Å². The van der Waals surface area contributed by atoms with Gasteiger partial charge in [0.25, 0.3) is 11.8 Å². The number of nitrogens with one attached hydrogen (secondary N) is 1. The Hall–Kier alpha value is -3.90. The van der Waals surface area contributed by atoms with Crippen molar-refractivity contribution in [1.82, 2.24) is 5.32 Å². The topological polar surface area (TPSA) is 75.7 Å². The summed E-state index contributed by atoms with van der Waals surface area (Å²) in [6.45, 7) is 6.44. The summed E-state index contributed by atoms with van der Waals surface area (Å²) in [5.41, 5.74) is 5.13. The first-order valence-corrected chi connectivity index (χ1v) is 11.6. The standard InChI is InChI=1S/C28H25ClN2O4/c1-4-35-24-9-7-23(8-10-24)31-27(33)25(26(32)30-28(31)34)16-21-15-22(29)6-5-20(21)14-19-12-17(2)11-18(3)13-19/h5-13,15-16H,4,14H2,1-3H3,(H,30,32,34)/b25-16+. The van der Waals surface area contributed by atoms with E-state index in [1.807, 2.05) is 26.8 Å². The van der Waals surface area contributed by atoms with Gasteiger partial charge in [-0.1, -0.05) is 47.0 Å². The molecule has 0 unspecified atom stereocenters. The average molecular weight is 489 g/mol. The summed E-state index contributed by atoms with van der Waals surface area (Å²) in [7, 11) is 0. The second-order valence-corrected chi connectivity index (χ2v) is 8.84. The molecule has 35 heavy (non-hydrogen) atoms. The van der Waals surface area contributed by atoms with Gasteiger partial charge in [-0.05, 0) is 86.4 Å². The molecular weight excluding hydrogens is 464 g/mol. The number of urea groups is 1. The molecule has 1 fully saturated rings. The molecule has 178 valence electrons. The molecule has 7 heteroatoms. The lowest BCUT2D eigenvalue weighted by molar-refractivity contribution is -0.122. The third-order valence-electron chi connectivity index (χ3n) is 5.59. The molecule has 0 radical (unpaired) electrons. The molecule has 3 aromatic rings. The Morgan fingerprint density at radius 2 is 1.63 bits per heavy atom. The molecule has 0 spiro atoms. The molecule has 1 aliphatic rings. The Morgan fingerprint density at radius 1 is 0.943 bits per heavy atom. The summed E-state index contributed by atoms with van der Waals surface area (Å²) in [5, 5.41) is 2.74. The maximum absolute atomic E-state index is 13.3. The van der Waals surface area contributed by atoms with Crippen molar-refractivity contribution in [2.75, 3.05) is 11.5 Å². The Kier molecular flexibility index (Phi) is 7.03. The van der Waals surface area contributed by atoms with Crippen LogP contribution >= 0.6 is 11.6 Å². The molecule has 3 aromatic carbocycles. The minimum atomic E-state index is -0.803. The van der Waals surface area contributed by atoms with Crippen molar-refractivity contribution in [3.05, 3.63) is 99.1 Å². The molecule has 4 rings (SSSR count). The molecule has 0 saturated carbocycles. The first-order chi connectivity index (χ1) is 16.7. The van der Waals surface area contributed by atoms with Crippen LogP contribution in [0.1, 0.15) is 34.7 Å². The predicted octanol–water partition coefficient (Wildman–Crippen LogP) is 5.61. The van der Waals surface area contributed by atoms with E-state index in [4.69, 9.17) is 16.3 Å². The number of nitrogens with zero attached hydrogens (tertiary/aromatic N) is 1. The number of imide groups is 2.